The van der Waals surface area contributed by atoms with Crippen molar-refractivity contribution in [3.8, 4) is 0 Å². The van der Waals surface area contributed by atoms with Gasteiger partial charge in [0.15, 0.2) is 0 Å². The van der Waals surface area contributed by atoms with Crippen LogP contribution in [0.4, 0.5) is 0 Å². The third-order valence-electron chi connectivity index (χ3n) is 3.12. The smallest absolute Gasteiger partial charge is 0.209 e. The molecule has 1 heterocycles. The lowest BCUT2D eigenvalue weighted by molar-refractivity contribution is 0.283. The van der Waals surface area contributed by atoms with E-state index < -0.39 is 0 Å². The molecule has 0 amide bonds. The second-order valence-electron chi connectivity index (χ2n) is 4.90. The molecule has 19 heavy (non-hydrogen) atoms. The number of aromatic nitrogens is 4. The number of aliphatic hydroxyl groups excluding tert-OH is 1. The molecule has 6 nitrogen and oxygen atoms in total. The molecular weight excluding hydrogens is 262 g/mol. The molecule has 1 aromatic rings. The van der Waals surface area contributed by atoms with Gasteiger partial charge in [0.2, 0.25) is 5.16 Å². The van der Waals surface area contributed by atoms with Crippen LogP contribution < -0.4 is 5.32 Å². The van der Waals surface area contributed by atoms with E-state index in [0.29, 0.717) is 6.61 Å². The van der Waals surface area contributed by atoms with Crippen LogP contribution in [0.1, 0.15) is 38.5 Å². The molecular formula is C12H23N5OS. The van der Waals surface area contributed by atoms with Crippen LogP contribution in [0.3, 0.4) is 0 Å². The van der Waals surface area contributed by atoms with Crippen LogP contribution in [0.15, 0.2) is 5.16 Å². The summed E-state index contributed by atoms with van der Waals surface area (Å²) >= 11 is 1.72. The van der Waals surface area contributed by atoms with Crippen LogP contribution in [0, 0.1) is 0 Å². The topological polar surface area (TPSA) is 75.9 Å². The van der Waals surface area contributed by atoms with Gasteiger partial charge in [-0.2, -0.15) is 0 Å². The minimum Gasteiger partial charge on any atom is -0.396 e. The normalized spacial score (nSPS) is 15.0. The Bertz CT molecular complexity index is 356. The molecule has 1 aromatic heterocycles. The van der Waals surface area contributed by atoms with E-state index in [4.69, 9.17) is 5.11 Å². The van der Waals surface area contributed by atoms with Gasteiger partial charge in [-0.1, -0.05) is 24.6 Å². The quantitative estimate of drug-likeness (QED) is 0.468. The van der Waals surface area contributed by atoms with Crippen molar-refractivity contribution in [2.24, 2.45) is 0 Å². The molecule has 1 aliphatic carbocycles. The first-order valence-electron chi connectivity index (χ1n) is 7.13. The summed E-state index contributed by atoms with van der Waals surface area (Å²) in [5, 5.41) is 24.9. The van der Waals surface area contributed by atoms with Gasteiger partial charge in [-0.3, -0.25) is 0 Å². The molecule has 0 atom stereocenters. The lowest BCUT2D eigenvalue weighted by Crippen LogP contribution is -2.22. The first-order valence-corrected chi connectivity index (χ1v) is 8.12. The van der Waals surface area contributed by atoms with Crippen molar-refractivity contribution < 1.29 is 5.11 Å². The van der Waals surface area contributed by atoms with Crippen LogP contribution in [0.2, 0.25) is 0 Å². The Morgan fingerprint density at radius 1 is 1.26 bits per heavy atom. The zero-order chi connectivity index (χ0) is 13.3. The van der Waals surface area contributed by atoms with Gasteiger partial charge in [0, 0.05) is 24.9 Å². The van der Waals surface area contributed by atoms with Gasteiger partial charge in [-0.05, 0) is 36.1 Å². The van der Waals surface area contributed by atoms with Crippen LogP contribution in [0.25, 0.3) is 0 Å². The van der Waals surface area contributed by atoms with E-state index >= 15 is 0 Å². The van der Waals surface area contributed by atoms with E-state index in [2.05, 4.69) is 20.8 Å². The zero-order valence-corrected chi connectivity index (χ0v) is 12.1. The Labute approximate surface area is 118 Å². The molecule has 0 unspecified atom stereocenters. The fourth-order valence-electron chi connectivity index (χ4n) is 1.83. The van der Waals surface area contributed by atoms with Gasteiger partial charge in [0.25, 0.3) is 0 Å². The molecule has 108 valence electrons. The van der Waals surface area contributed by atoms with Gasteiger partial charge in [-0.25, -0.2) is 4.68 Å². The van der Waals surface area contributed by atoms with Crippen LogP contribution in [0.5, 0.6) is 0 Å². The van der Waals surface area contributed by atoms with E-state index in [1.165, 1.54) is 19.3 Å². The van der Waals surface area contributed by atoms with Crippen molar-refractivity contribution in [2.75, 3.05) is 18.9 Å². The highest BCUT2D eigenvalue weighted by molar-refractivity contribution is 7.99. The van der Waals surface area contributed by atoms with Gasteiger partial charge in [0.1, 0.15) is 0 Å². The number of aliphatic hydroxyl groups is 1. The Hall–Kier alpha value is -0.660. The molecule has 0 saturated heterocycles. The summed E-state index contributed by atoms with van der Waals surface area (Å²) in [6.45, 7) is 2.09. The maximum absolute atomic E-state index is 8.69. The molecule has 0 radical (unpaired) electrons. The largest absolute Gasteiger partial charge is 0.396 e. The highest BCUT2D eigenvalue weighted by Gasteiger charge is 2.19. The lowest BCUT2D eigenvalue weighted by atomic mass is 10.2. The average Bonchev–Trinajstić information content (AvgIpc) is 3.13. The van der Waals surface area contributed by atoms with Crippen molar-refractivity contribution in [2.45, 2.75) is 56.3 Å². The van der Waals surface area contributed by atoms with Crippen LogP contribution >= 0.6 is 11.8 Å². The minimum atomic E-state index is 0.305. The molecule has 0 spiro atoms. The van der Waals surface area contributed by atoms with Gasteiger partial charge in [0.05, 0.1) is 6.54 Å². The molecule has 1 saturated carbocycles. The Morgan fingerprint density at radius 2 is 2.11 bits per heavy atom. The fraction of sp³-hybridized carbons (Fsp3) is 0.917. The lowest BCUT2D eigenvalue weighted by Gasteiger charge is -2.05. The number of rotatable bonds is 11. The fourth-order valence-corrected chi connectivity index (χ4v) is 2.74. The summed E-state index contributed by atoms with van der Waals surface area (Å²) in [7, 11) is 0. The molecule has 0 aliphatic heterocycles. The molecule has 2 N–H and O–H groups in total. The summed E-state index contributed by atoms with van der Waals surface area (Å²) in [6.07, 6.45) is 6.95. The summed E-state index contributed by atoms with van der Waals surface area (Å²) < 4.78 is 1.88. The van der Waals surface area contributed by atoms with Crippen molar-refractivity contribution in [3.05, 3.63) is 0 Å². The summed E-state index contributed by atoms with van der Waals surface area (Å²) in [5.74, 6) is 1.04. The maximum Gasteiger partial charge on any atom is 0.209 e. The van der Waals surface area contributed by atoms with Crippen molar-refractivity contribution in [1.82, 2.24) is 25.5 Å². The van der Waals surface area contributed by atoms with Gasteiger partial charge >= 0.3 is 0 Å². The SMILES string of the molecule is OCCCCCCSc1nnnn1CCNC1CC1. The number of nitrogens with zero attached hydrogens (tertiary/aromatic N) is 4. The number of hydrogen-bond acceptors (Lipinski definition) is 6. The minimum absolute atomic E-state index is 0.305. The monoisotopic (exact) mass is 285 g/mol. The highest BCUT2D eigenvalue weighted by Crippen LogP contribution is 2.19. The van der Waals surface area contributed by atoms with E-state index in [-0.39, 0.29) is 0 Å². The summed E-state index contributed by atoms with van der Waals surface area (Å²) in [6, 6.07) is 0.735. The first-order chi connectivity index (χ1) is 9.40. The second kappa shape index (κ2) is 8.50. The van der Waals surface area contributed by atoms with E-state index in [1.54, 1.807) is 11.8 Å². The van der Waals surface area contributed by atoms with Crippen LogP contribution in [-0.2, 0) is 6.54 Å². The molecule has 0 bridgehead atoms. The molecule has 7 heteroatoms. The third kappa shape index (κ3) is 5.88. The number of unbranched alkanes of at least 4 members (excludes halogenated alkanes) is 3. The van der Waals surface area contributed by atoms with Crippen LogP contribution in [-0.4, -0.2) is 50.3 Å². The molecule has 1 fully saturated rings. The Balaban J connectivity index is 1.58. The van der Waals surface area contributed by atoms with Gasteiger partial charge in [-0.15, -0.1) is 5.10 Å². The number of nitrogens with one attached hydrogen (secondary N) is 1. The molecule has 1 aliphatic rings. The summed E-state index contributed by atoms with van der Waals surface area (Å²) in [4.78, 5) is 0. The maximum atomic E-state index is 8.69. The summed E-state index contributed by atoms with van der Waals surface area (Å²) in [5.41, 5.74) is 0. The molecule has 0 aromatic carbocycles. The number of thioether (sulfide) groups is 1. The second-order valence-corrected chi connectivity index (χ2v) is 5.96. The Morgan fingerprint density at radius 3 is 2.89 bits per heavy atom. The third-order valence-corrected chi connectivity index (χ3v) is 4.16. The highest BCUT2D eigenvalue weighted by atomic mass is 32.2. The zero-order valence-electron chi connectivity index (χ0n) is 11.3. The van der Waals surface area contributed by atoms with E-state index in [0.717, 1.165) is 49.3 Å². The average molecular weight is 285 g/mol. The van der Waals surface area contributed by atoms with Crippen molar-refractivity contribution in [1.29, 1.82) is 0 Å². The predicted molar refractivity (Wildman–Crippen MR) is 75.1 cm³/mol. The first kappa shape index (κ1) is 14.7. The standard InChI is InChI=1S/C12H23N5OS/c18-9-3-1-2-4-10-19-12-14-15-16-17(12)8-7-13-11-5-6-11/h11,13,18H,1-10H2. The number of tetrazole rings is 1. The van der Waals surface area contributed by atoms with Crippen molar-refractivity contribution in [3.63, 3.8) is 0 Å². The van der Waals surface area contributed by atoms with E-state index in [9.17, 15) is 0 Å². The number of hydrogen-bond donors (Lipinski definition) is 2. The van der Waals surface area contributed by atoms with E-state index in [1.807, 2.05) is 4.68 Å². The predicted octanol–water partition coefficient (Wildman–Crippen LogP) is 1.07. The van der Waals surface area contributed by atoms with Crippen molar-refractivity contribution >= 4 is 11.8 Å². The van der Waals surface area contributed by atoms with Gasteiger partial charge < -0.3 is 10.4 Å². The molecule has 2 rings (SSSR count). The Kier molecular flexibility index (Phi) is 6.59.